The predicted molar refractivity (Wildman–Crippen MR) is 108 cm³/mol. The highest BCUT2D eigenvalue weighted by molar-refractivity contribution is 5.73. The first-order valence-corrected chi connectivity index (χ1v) is 10.6. The van der Waals surface area contributed by atoms with Crippen molar-refractivity contribution >= 4 is 18.1 Å². The van der Waals surface area contributed by atoms with Gasteiger partial charge in [0.1, 0.15) is 54.8 Å². The molecule has 34 heavy (non-hydrogen) atoms. The van der Waals surface area contributed by atoms with Gasteiger partial charge in [-0.05, 0) is 0 Å². The third-order valence-corrected chi connectivity index (χ3v) is 5.41. The van der Waals surface area contributed by atoms with Crippen LogP contribution in [-0.4, -0.2) is 136 Å². The molecule has 15 nitrogen and oxygen atoms in total. The Morgan fingerprint density at radius 1 is 0.882 bits per heavy atom. The van der Waals surface area contributed by atoms with E-state index in [1.807, 2.05) is 0 Å². The second-order valence-electron chi connectivity index (χ2n) is 7.97. The topological polar surface area (TPSA) is 234 Å². The van der Waals surface area contributed by atoms with Crippen molar-refractivity contribution in [1.29, 1.82) is 0 Å². The molecule has 2 aliphatic rings. The van der Waals surface area contributed by atoms with Gasteiger partial charge in [-0.2, -0.15) is 0 Å². The normalized spacial score (nSPS) is 39.2. The molecule has 2 heterocycles. The van der Waals surface area contributed by atoms with Gasteiger partial charge in [-0.1, -0.05) is 0 Å². The summed E-state index contributed by atoms with van der Waals surface area (Å²) in [6.45, 7) is 0.0874. The molecule has 0 aromatic heterocycles. The summed E-state index contributed by atoms with van der Waals surface area (Å²) in [6.07, 6.45) is -13.1. The SMILES string of the molecule is CC(=O)N[C@H]1[C@@H](O[C@H]2[C@H](O)[C@@H](CO)O[C@@H](OC(C=O)CO)[C@@H]2NC(C)=O)O[C@H](CO)[C@H](O)[C@@H]1O. The van der Waals surface area contributed by atoms with E-state index in [0.29, 0.717) is 0 Å². The van der Waals surface area contributed by atoms with Gasteiger partial charge in [-0.3, -0.25) is 9.59 Å². The number of nitrogens with one attached hydrogen (secondary N) is 2. The monoisotopic (exact) mass is 496 g/mol. The quantitative estimate of drug-likeness (QED) is 0.132. The third-order valence-electron chi connectivity index (χ3n) is 5.41. The van der Waals surface area contributed by atoms with Gasteiger partial charge in [0.15, 0.2) is 18.9 Å². The smallest absolute Gasteiger partial charge is 0.217 e. The molecule has 0 radical (unpaired) electrons. The minimum Gasteiger partial charge on any atom is -0.394 e. The maximum absolute atomic E-state index is 11.9. The molecule has 2 fully saturated rings. The summed E-state index contributed by atoms with van der Waals surface area (Å²) in [7, 11) is 0. The van der Waals surface area contributed by atoms with Crippen LogP contribution in [0, 0.1) is 0 Å². The van der Waals surface area contributed by atoms with Gasteiger partial charge in [0.05, 0.1) is 19.8 Å². The number of aliphatic hydroxyl groups excluding tert-OH is 6. The summed E-state index contributed by atoms with van der Waals surface area (Å²) in [5.41, 5.74) is 0. The van der Waals surface area contributed by atoms with Crippen LogP contribution < -0.4 is 10.6 Å². The number of aliphatic hydroxyl groups is 6. The zero-order chi connectivity index (χ0) is 25.6. The van der Waals surface area contributed by atoms with Gasteiger partial charge in [0, 0.05) is 13.8 Å². The Bertz CT molecular complexity index is 697. The van der Waals surface area contributed by atoms with Crippen LogP contribution in [-0.2, 0) is 33.3 Å². The molecule has 0 aromatic rings. The molecule has 0 aromatic carbocycles. The second kappa shape index (κ2) is 12.8. The first kappa shape index (κ1) is 28.4. The highest BCUT2D eigenvalue weighted by Crippen LogP contribution is 2.30. The van der Waals surface area contributed by atoms with Gasteiger partial charge in [-0.25, -0.2) is 0 Å². The molecule has 2 saturated heterocycles. The van der Waals surface area contributed by atoms with Crippen molar-refractivity contribution in [3.8, 4) is 0 Å². The fourth-order valence-corrected chi connectivity index (χ4v) is 3.77. The molecule has 1 unspecified atom stereocenters. The van der Waals surface area contributed by atoms with Crippen LogP contribution in [0.15, 0.2) is 0 Å². The maximum atomic E-state index is 11.9. The van der Waals surface area contributed by atoms with Crippen LogP contribution >= 0.6 is 0 Å². The van der Waals surface area contributed by atoms with E-state index < -0.39 is 99.0 Å². The van der Waals surface area contributed by atoms with Crippen LogP contribution in [0.25, 0.3) is 0 Å². The van der Waals surface area contributed by atoms with E-state index in [1.54, 1.807) is 0 Å². The first-order valence-electron chi connectivity index (χ1n) is 10.6. The van der Waals surface area contributed by atoms with Gasteiger partial charge in [-0.15, -0.1) is 0 Å². The minimum atomic E-state index is -1.65. The van der Waals surface area contributed by atoms with Crippen molar-refractivity contribution in [2.45, 2.75) is 81.2 Å². The Hall–Kier alpha value is -1.79. The van der Waals surface area contributed by atoms with Crippen molar-refractivity contribution in [2.24, 2.45) is 0 Å². The highest BCUT2D eigenvalue weighted by atomic mass is 16.7. The van der Waals surface area contributed by atoms with Crippen LogP contribution in [0.5, 0.6) is 0 Å². The lowest BCUT2D eigenvalue weighted by molar-refractivity contribution is -0.331. The van der Waals surface area contributed by atoms with Crippen molar-refractivity contribution in [3.05, 3.63) is 0 Å². The van der Waals surface area contributed by atoms with Crippen molar-refractivity contribution < 1.29 is 64.0 Å². The number of ether oxygens (including phenoxy) is 4. The van der Waals surface area contributed by atoms with Crippen LogP contribution in [0.2, 0.25) is 0 Å². The van der Waals surface area contributed by atoms with Gasteiger partial charge in [0.25, 0.3) is 0 Å². The molecule has 2 amide bonds. The second-order valence-corrected chi connectivity index (χ2v) is 7.97. The number of carbonyl (C=O) groups excluding carboxylic acids is 3. The van der Waals surface area contributed by atoms with Crippen molar-refractivity contribution in [3.63, 3.8) is 0 Å². The largest absolute Gasteiger partial charge is 0.394 e. The maximum Gasteiger partial charge on any atom is 0.217 e. The van der Waals surface area contributed by atoms with Crippen LogP contribution in [0.3, 0.4) is 0 Å². The molecule has 0 aliphatic carbocycles. The molecular weight excluding hydrogens is 464 g/mol. The molecule has 2 aliphatic heterocycles. The van der Waals surface area contributed by atoms with E-state index in [0.717, 1.165) is 13.8 Å². The standard InChI is InChI=1S/C19H32N2O13/c1-7(26)20-12-16(30)14(28)10(5-24)32-18(12)34-17-13(21-8(2)27)19(31-9(3-22)4-23)33-11(6-25)15(17)29/h3,9-19,23-25,28-30H,4-6H2,1-2H3,(H,20,26)(H,21,27)/t9?,10-,11-,12-,13-,14+,15-,16-,17-,18-,19-/m1/s1. The van der Waals surface area contributed by atoms with Gasteiger partial charge >= 0.3 is 0 Å². The molecule has 15 heteroatoms. The fourth-order valence-electron chi connectivity index (χ4n) is 3.77. The average molecular weight is 496 g/mol. The Balaban J connectivity index is 2.41. The summed E-state index contributed by atoms with van der Waals surface area (Å²) in [6, 6.07) is -2.70. The number of rotatable bonds is 10. The van der Waals surface area contributed by atoms with Gasteiger partial charge < -0.3 is 65.0 Å². The number of hydrogen-bond donors (Lipinski definition) is 8. The fraction of sp³-hybridized carbons (Fsp3) is 0.842. The Morgan fingerprint density at radius 3 is 1.91 bits per heavy atom. The van der Waals surface area contributed by atoms with Crippen molar-refractivity contribution in [2.75, 3.05) is 19.8 Å². The summed E-state index contributed by atoms with van der Waals surface area (Å²) >= 11 is 0. The average Bonchev–Trinajstić information content (AvgIpc) is 2.79. The summed E-state index contributed by atoms with van der Waals surface area (Å²) < 4.78 is 22.2. The van der Waals surface area contributed by atoms with E-state index in [-0.39, 0.29) is 6.29 Å². The minimum absolute atomic E-state index is 0.281. The zero-order valence-electron chi connectivity index (χ0n) is 18.6. The molecule has 2 rings (SSSR count). The Morgan fingerprint density at radius 2 is 1.41 bits per heavy atom. The lowest BCUT2D eigenvalue weighted by Crippen LogP contribution is -2.70. The number of carbonyl (C=O) groups is 3. The van der Waals surface area contributed by atoms with E-state index in [9.17, 15) is 45.0 Å². The Kier molecular flexibility index (Phi) is 10.7. The highest BCUT2D eigenvalue weighted by Gasteiger charge is 2.52. The molecule has 0 spiro atoms. The number of hydrogen-bond acceptors (Lipinski definition) is 13. The molecule has 0 bridgehead atoms. The predicted octanol–water partition coefficient (Wildman–Crippen LogP) is -5.53. The molecule has 196 valence electrons. The lowest BCUT2D eigenvalue weighted by Gasteiger charge is -2.48. The third kappa shape index (κ3) is 6.66. The van der Waals surface area contributed by atoms with Crippen molar-refractivity contribution in [1.82, 2.24) is 10.6 Å². The summed E-state index contributed by atoms with van der Waals surface area (Å²) in [5.74, 6) is -1.24. The van der Waals surface area contributed by atoms with E-state index in [4.69, 9.17) is 18.9 Å². The van der Waals surface area contributed by atoms with E-state index in [1.165, 1.54) is 0 Å². The van der Waals surface area contributed by atoms with Crippen LogP contribution in [0.4, 0.5) is 0 Å². The molecular formula is C19H32N2O13. The van der Waals surface area contributed by atoms with E-state index in [2.05, 4.69) is 10.6 Å². The Labute approximate surface area is 194 Å². The lowest BCUT2D eigenvalue weighted by atomic mass is 9.94. The van der Waals surface area contributed by atoms with Gasteiger partial charge in [0.2, 0.25) is 11.8 Å². The molecule has 8 N–H and O–H groups in total. The zero-order valence-corrected chi connectivity index (χ0v) is 18.6. The van der Waals surface area contributed by atoms with E-state index >= 15 is 0 Å². The number of aldehydes is 1. The van der Waals surface area contributed by atoms with Crippen LogP contribution in [0.1, 0.15) is 13.8 Å². The summed E-state index contributed by atoms with van der Waals surface area (Å²) in [5, 5.41) is 64.7. The molecule has 0 saturated carbocycles. The molecule has 11 atom stereocenters. The number of amides is 2. The first-order chi connectivity index (χ1) is 16.1. The summed E-state index contributed by atoms with van der Waals surface area (Å²) in [4.78, 5) is 34.7.